The lowest BCUT2D eigenvalue weighted by Gasteiger charge is -2.35. The normalized spacial score (nSPS) is 24.3. The van der Waals surface area contributed by atoms with Gasteiger partial charge in [0.15, 0.2) is 0 Å². The first-order valence-corrected chi connectivity index (χ1v) is 21.8. The van der Waals surface area contributed by atoms with Crippen LogP contribution in [0.5, 0.6) is 0 Å². The predicted octanol–water partition coefficient (Wildman–Crippen LogP) is 5.11. The number of carbonyl (C=O) groups is 3. The number of hydrogen-bond acceptors (Lipinski definition) is 12. The summed E-state index contributed by atoms with van der Waals surface area (Å²) in [5.41, 5.74) is 10.6. The molecule has 2 amide bonds. The van der Waals surface area contributed by atoms with E-state index in [0.717, 1.165) is 76.5 Å². The molecule has 2 N–H and O–H groups in total. The first kappa shape index (κ1) is 40.9. The number of nitriles is 1. The Morgan fingerprint density at radius 2 is 1.98 bits per heavy atom. The van der Waals surface area contributed by atoms with Crippen molar-refractivity contribution in [2.75, 3.05) is 58.4 Å². The maximum Gasteiger partial charge on any atom is 0.324 e. The third-order valence-corrected chi connectivity index (χ3v) is 13.3. The number of thiazole rings is 1. The van der Waals surface area contributed by atoms with Gasteiger partial charge in [-0.3, -0.25) is 24.4 Å². The minimum atomic E-state index is -0.935. The standard InChI is InChI=1S/C44H55N9O5S/c1-7-52-37-11-10-27-17-31(37)33(40(52)32-19-29(23-46-39(32)26(2)57-6)51-15-13-50(5)14-16-51)21-44(3,4)25-58-43(56)34-9-8-12-53(49-34)42(55)35(20-38-47-36(27)24-59-38)48-41(54)30-18-28(30)22-45/h10-11,17,19,23-24,26,28,30,34-35,49H,7-9,12-16,18,20-21,25H2,1-6H3,(H,48,54)/t26-,28-,30+,34-,35-/m0/s1. The number of aromatic nitrogens is 3. The van der Waals surface area contributed by atoms with Gasteiger partial charge >= 0.3 is 5.97 Å². The molecule has 3 fully saturated rings. The van der Waals surface area contributed by atoms with Crippen molar-refractivity contribution < 1.29 is 23.9 Å². The molecule has 3 aromatic heterocycles. The van der Waals surface area contributed by atoms with Gasteiger partial charge in [-0.1, -0.05) is 19.9 Å². The molecule has 0 radical (unpaired) electrons. The highest BCUT2D eigenvalue weighted by Crippen LogP contribution is 2.43. The second kappa shape index (κ2) is 16.6. The Morgan fingerprint density at radius 3 is 2.71 bits per heavy atom. The third-order valence-electron chi connectivity index (χ3n) is 12.4. The number of esters is 1. The first-order valence-electron chi connectivity index (χ1n) is 20.9. The largest absolute Gasteiger partial charge is 0.464 e. The number of carbonyl (C=O) groups excluding carboxylic acids is 3. The topological polar surface area (TPSA) is 158 Å². The quantitative estimate of drug-likeness (QED) is 0.239. The molecule has 8 rings (SSSR count). The number of aryl methyl sites for hydroxylation is 1. The number of pyridine rings is 1. The summed E-state index contributed by atoms with van der Waals surface area (Å²) in [6.45, 7) is 13.5. The lowest BCUT2D eigenvalue weighted by molar-refractivity contribution is -0.155. The fraction of sp³-hybridized carbons (Fsp3) is 0.545. The molecule has 1 saturated carbocycles. The highest BCUT2D eigenvalue weighted by atomic mass is 32.1. The minimum absolute atomic E-state index is 0.159. The number of rotatable bonds is 7. The molecular weight excluding hydrogens is 767 g/mol. The molecule has 14 nitrogen and oxygen atoms in total. The Hall–Kier alpha value is -4.88. The summed E-state index contributed by atoms with van der Waals surface area (Å²) in [6.07, 6.45) is 4.06. The van der Waals surface area contributed by atoms with Crippen molar-refractivity contribution in [1.29, 1.82) is 5.26 Å². The molecule has 0 unspecified atom stereocenters. The van der Waals surface area contributed by atoms with E-state index in [4.69, 9.17) is 19.4 Å². The predicted molar refractivity (Wildman–Crippen MR) is 226 cm³/mol. The Kier molecular flexibility index (Phi) is 11.5. The SMILES string of the molecule is CCn1c(-c2cc(N3CCN(C)CC3)cnc2[C@H](C)OC)c2c3cc(ccc31)-c1csc(n1)C[C@H](NC(=O)[C@@H]1C[C@H]1C#N)C(=O)N1CCC[C@H](N1)C(=O)OCC(C)(C)C2. The zero-order chi connectivity index (χ0) is 41.6. The summed E-state index contributed by atoms with van der Waals surface area (Å²) < 4.78 is 14.4. The summed E-state index contributed by atoms with van der Waals surface area (Å²) >= 11 is 1.45. The summed E-state index contributed by atoms with van der Waals surface area (Å²) in [4.78, 5) is 56.1. The van der Waals surface area contributed by atoms with Gasteiger partial charge in [-0.25, -0.2) is 10.4 Å². The zero-order valence-corrected chi connectivity index (χ0v) is 35.7. The van der Waals surface area contributed by atoms with E-state index in [2.05, 4.69) is 83.3 Å². The van der Waals surface area contributed by atoms with Gasteiger partial charge in [0, 0.05) is 85.6 Å². The van der Waals surface area contributed by atoms with Gasteiger partial charge in [0.05, 0.1) is 64.6 Å². The lowest BCUT2D eigenvalue weighted by Crippen LogP contribution is -2.60. The lowest BCUT2D eigenvalue weighted by atomic mass is 9.84. The number of anilines is 1. The van der Waals surface area contributed by atoms with Crippen molar-refractivity contribution in [3.8, 4) is 28.6 Å². The number of nitrogens with one attached hydrogen (secondary N) is 2. The van der Waals surface area contributed by atoms with Crippen molar-refractivity contribution in [3.05, 3.63) is 52.1 Å². The Bertz CT molecular complexity index is 2290. The minimum Gasteiger partial charge on any atom is -0.464 e. The number of hydrazine groups is 1. The van der Waals surface area contributed by atoms with Crippen LogP contribution < -0.4 is 15.6 Å². The number of benzene rings is 1. The Labute approximate surface area is 349 Å². The van der Waals surface area contributed by atoms with Crippen molar-refractivity contribution in [3.63, 3.8) is 0 Å². The fourth-order valence-electron chi connectivity index (χ4n) is 8.74. The molecule has 15 heteroatoms. The van der Waals surface area contributed by atoms with Crippen LogP contribution in [0.2, 0.25) is 0 Å². The molecule has 0 spiro atoms. The van der Waals surface area contributed by atoms with E-state index >= 15 is 0 Å². The van der Waals surface area contributed by atoms with Crippen LogP contribution in [0.15, 0.2) is 35.8 Å². The fourth-order valence-corrected chi connectivity index (χ4v) is 9.59. The van der Waals surface area contributed by atoms with Crippen LogP contribution in [0.25, 0.3) is 33.4 Å². The highest BCUT2D eigenvalue weighted by molar-refractivity contribution is 7.10. The van der Waals surface area contributed by atoms with Crippen molar-refractivity contribution in [2.45, 2.75) is 84.5 Å². The van der Waals surface area contributed by atoms with Gasteiger partial charge in [0.25, 0.3) is 5.91 Å². The Morgan fingerprint density at radius 1 is 1.19 bits per heavy atom. The van der Waals surface area contributed by atoms with Crippen LogP contribution in [0.1, 0.15) is 69.3 Å². The monoisotopic (exact) mass is 821 g/mol. The molecule has 6 bridgehead atoms. The molecule has 312 valence electrons. The van der Waals surface area contributed by atoms with Crippen LogP contribution in [0.3, 0.4) is 0 Å². The average Bonchev–Trinajstić information content (AvgIpc) is 3.80. The molecule has 4 aliphatic rings. The second-order valence-corrected chi connectivity index (χ2v) is 18.3. The molecule has 4 aromatic rings. The summed E-state index contributed by atoms with van der Waals surface area (Å²) in [7, 11) is 3.88. The number of cyclic esters (lactones) is 1. The van der Waals surface area contributed by atoms with Crippen LogP contribution in [0, 0.1) is 28.6 Å². The number of amides is 2. The molecule has 59 heavy (non-hydrogen) atoms. The Balaban J connectivity index is 1.26. The van der Waals surface area contributed by atoms with E-state index in [-0.39, 0.29) is 36.9 Å². The summed E-state index contributed by atoms with van der Waals surface area (Å²) in [5.74, 6) is -1.87. The molecule has 3 aliphatic heterocycles. The van der Waals surface area contributed by atoms with Gasteiger partial charge in [-0.2, -0.15) is 5.26 Å². The smallest absolute Gasteiger partial charge is 0.324 e. The van der Waals surface area contributed by atoms with Gasteiger partial charge in [0.1, 0.15) is 12.1 Å². The van der Waals surface area contributed by atoms with Crippen molar-refractivity contribution >= 4 is 45.7 Å². The van der Waals surface area contributed by atoms with Crippen LogP contribution in [0.4, 0.5) is 5.69 Å². The number of hydrogen-bond donors (Lipinski definition) is 2. The number of ether oxygens (including phenoxy) is 2. The number of piperazine rings is 1. The maximum absolute atomic E-state index is 14.1. The van der Waals surface area contributed by atoms with E-state index in [1.807, 2.05) is 18.5 Å². The van der Waals surface area contributed by atoms with Crippen LogP contribution >= 0.6 is 11.3 Å². The molecular formula is C44H55N9O5S. The molecule has 1 aromatic carbocycles. The third kappa shape index (κ3) is 8.33. The molecule has 2 saturated heterocycles. The number of nitrogens with zero attached hydrogens (tertiary/aromatic N) is 7. The van der Waals surface area contributed by atoms with E-state index in [1.54, 1.807) is 7.11 Å². The number of fused-ring (bicyclic) bond motifs is 6. The highest BCUT2D eigenvalue weighted by Gasteiger charge is 2.45. The average molecular weight is 822 g/mol. The number of methoxy groups -OCH3 is 1. The maximum atomic E-state index is 14.1. The summed E-state index contributed by atoms with van der Waals surface area (Å²) in [5, 5.41) is 17.5. The van der Waals surface area contributed by atoms with E-state index < -0.39 is 29.4 Å². The van der Waals surface area contributed by atoms with Gasteiger partial charge in [0.2, 0.25) is 5.91 Å². The first-order chi connectivity index (χ1) is 28.4. The van der Waals surface area contributed by atoms with E-state index in [1.165, 1.54) is 16.3 Å². The zero-order valence-electron chi connectivity index (χ0n) is 34.9. The van der Waals surface area contributed by atoms with E-state index in [9.17, 15) is 19.6 Å². The van der Waals surface area contributed by atoms with Gasteiger partial charge in [-0.15, -0.1) is 11.3 Å². The van der Waals surface area contributed by atoms with Crippen molar-refractivity contribution in [2.24, 2.45) is 17.3 Å². The van der Waals surface area contributed by atoms with Crippen molar-refractivity contribution in [1.82, 2.24) is 35.2 Å². The molecule has 5 atom stereocenters. The second-order valence-electron chi connectivity index (χ2n) is 17.3. The van der Waals surface area contributed by atoms with Gasteiger partial charge in [-0.05, 0) is 70.3 Å². The summed E-state index contributed by atoms with van der Waals surface area (Å²) in [6, 6.07) is 9.26. The molecule has 1 aliphatic carbocycles. The van der Waals surface area contributed by atoms with E-state index in [0.29, 0.717) is 43.8 Å². The van der Waals surface area contributed by atoms with Crippen LogP contribution in [-0.2, 0) is 43.2 Å². The van der Waals surface area contributed by atoms with Gasteiger partial charge < -0.3 is 29.2 Å². The molecule has 6 heterocycles. The van der Waals surface area contributed by atoms with Crippen LogP contribution in [-0.4, -0.2) is 108 Å². The number of likely N-dealkylation sites (N-methyl/N-ethyl adjacent to an activating group) is 1.